The number of rotatable bonds is 7. The second kappa shape index (κ2) is 8.30. The van der Waals surface area contributed by atoms with E-state index >= 15 is 0 Å². The van der Waals surface area contributed by atoms with Crippen LogP contribution in [0, 0.1) is 0 Å². The molecule has 0 bridgehead atoms. The van der Waals surface area contributed by atoms with Crippen LogP contribution < -0.4 is 5.32 Å². The molecule has 0 spiro atoms. The molecule has 0 saturated heterocycles. The quantitative estimate of drug-likeness (QED) is 0.825. The van der Waals surface area contributed by atoms with Crippen molar-refractivity contribution >= 4 is 11.8 Å². The smallest absolute Gasteiger partial charge is 0.222 e. The largest absolute Gasteiger partial charge is 0.352 e. The van der Waals surface area contributed by atoms with E-state index in [1.165, 1.54) is 0 Å². The summed E-state index contributed by atoms with van der Waals surface area (Å²) in [7, 11) is 0. The van der Waals surface area contributed by atoms with E-state index in [0.717, 1.165) is 12.0 Å². The van der Waals surface area contributed by atoms with E-state index in [-0.39, 0.29) is 17.9 Å². The number of carbonyl (C=O) groups is 2. The minimum atomic E-state index is -0.0450. The summed E-state index contributed by atoms with van der Waals surface area (Å²) in [6.45, 7) is 6.53. The molecular weight excluding hydrogens is 254 g/mol. The van der Waals surface area contributed by atoms with E-state index in [9.17, 15) is 9.59 Å². The van der Waals surface area contributed by atoms with Crippen LogP contribution in [0.3, 0.4) is 0 Å². The van der Waals surface area contributed by atoms with Crippen LogP contribution in [0.15, 0.2) is 24.5 Å². The lowest BCUT2D eigenvalue weighted by atomic mass is 10.2. The van der Waals surface area contributed by atoms with Crippen molar-refractivity contribution in [3.8, 4) is 0 Å². The topological polar surface area (TPSA) is 62.3 Å². The number of nitrogens with zero attached hydrogens (tertiary/aromatic N) is 2. The van der Waals surface area contributed by atoms with Crippen molar-refractivity contribution in [1.82, 2.24) is 15.2 Å². The van der Waals surface area contributed by atoms with Gasteiger partial charge in [0, 0.05) is 44.9 Å². The fourth-order valence-electron chi connectivity index (χ4n) is 1.92. The molecule has 1 heterocycles. The second-order valence-electron chi connectivity index (χ2n) is 4.85. The van der Waals surface area contributed by atoms with Gasteiger partial charge in [0.05, 0.1) is 0 Å². The van der Waals surface area contributed by atoms with Gasteiger partial charge in [-0.15, -0.1) is 0 Å². The van der Waals surface area contributed by atoms with Gasteiger partial charge in [-0.25, -0.2) is 0 Å². The maximum absolute atomic E-state index is 11.8. The first kappa shape index (κ1) is 16.1. The molecular formula is C15H23N3O2. The fraction of sp³-hybridized carbons (Fsp3) is 0.533. The van der Waals surface area contributed by atoms with Gasteiger partial charge in [-0.2, -0.15) is 0 Å². The molecule has 20 heavy (non-hydrogen) atoms. The minimum absolute atomic E-state index is 0.0151. The number of hydrogen-bond donors (Lipinski definition) is 1. The van der Waals surface area contributed by atoms with Crippen LogP contribution in [-0.2, 0) is 16.1 Å². The number of amides is 2. The predicted octanol–water partition coefficient (Wildman–Crippen LogP) is 1.73. The van der Waals surface area contributed by atoms with Crippen LogP contribution >= 0.6 is 0 Å². The van der Waals surface area contributed by atoms with Gasteiger partial charge in [0.15, 0.2) is 0 Å². The highest BCUT2D eigenvalue weighted by Gasteiger charge is 2.16. The molecule has 0 aliphatic heterocycles. The van der Waals surface area contributed by atoms with Gasteiger partial charge in [-0.1, -0.05) is 6.92 Å². The summed E-state index contributed by atoms with van der Waals surface area (Å²) in [4.78, 5) is 29.0. The first-order valence-electron chi connectivity index (χ1n) is 6.97. The Hall–Kier alpha value is -1.91. The molecule has 1 atom stereocenters. The Balaban J connectivity index is 2.36. The Morgan fingerprint density at radius 3 is 2.55 bits per heavy atom. The lowest BCUT2D eigenvalue weighted by Gasteiger charge is -2.27. The predicted molar refractivity (Wildman–Crippen MR) is 77.8 cm³/mol. The van der Waals surface area contributed by atoms with Crippen LogP contribution in [0.5, 0.6) is 0 Å². The SMILES string of the molecule is CCC(C)N(CCC(=O)NCc1ccncc1)C(C)=O. The highest BCUT2D eigenvalue weighted by atomic mass is 16.2. The van der Waals surface area contributed by atoms with Crippen LogP contribution in [0.4, 0.5) is 0 Å². The third-order valence-electron chi connectivity index (χ3n) is 3.35. The molecule has 1 rings (SSSR count). The summed E-state index contributed by atoms with van der Waals surface area (Å²) >= 11 is 0. The molecule has 5 heteroatoms. The minimum Gasteiger partial charge on any atom is -0.352 e. The maximum atomic E-state index is 11.8. The maximum Gasteiger partial charge on any atom is 0.222 e. The van der Waals surface area contributed by atoms with Gasteiger partial charge < -0.3 is 10.2 Å². The van der Waals surface area contributed by atoms with Crippen LogP contribution in [-0.4, -0.2) is 34.3 Å². The Bertz CT molecular complexity index is 434. The van der Waals surface area contributed by atoms with Crippen molar-refractivity contribution in [3.63, 3.8) is 0 Å². The Morgan fingerprint density at radius 1 is 1.35 bits per heavy atom. The second-order valence-corrected chi connectivity index (χ2v) is 4.85. The lowest BCUT2D eigenvalue weighted by molar-refractivity contribution is -0.131. The molecule has 2 amide bonds. The normalized spacial score (nSPS) is 11.8. The number of hydrogen-bond acceptors (Lipinski definition) is 3. The molecule has 1 N–H and O–H groups in total. The van der Waals surface area contributed by atoms with Crippen LogP contribution in [0.2, 0.25) is 0 Å². The van der Waals surface area contributed by atoms with Gasteiger partial charge in [0.25, 0.3) is 0 Å². The molecule has 1 aromatic rings. The first-order valence-corrected chi connectivity index (χ1v) is 6.97. The first-order chi connectivity index (χ1) is 9.54. The van der Waals surface area contributed by atoms with Crippen molar-refractivity contribution in [1.29, 1.82) is 0 Å². The standard InChI is InChI=1S/C15H23N3O2/c1-4-12(2)18(13(3)19)10-7-15(20)17-11-14-5-8-16-9-6-14/h5-6,8-9,12H,4,7,10-11H2,1-3H3,(H,17,20). The molecule has 1 unspecified atom stereocenters. The van der Waals surface area contributed by atoms with E-state index in [2.05, 4.69) is 10.3 Å². The van der Waals surface area contributed by atoms with E-state index in [1.54, 1.807) is 24.2 Å². The van der Waals surface area contributed by atoms with Gasteiger partial charge in [-0.3, -0.25) is 14.6 Å². The summed E-state index contributed by atoms with van der Waals surface area (Å²) in [6.07, 6.45) is 4.61. The molecule has 0 aliphatic carbocycles. The number of aromatic nitrogens is 1. The molecule has 0 fully saturated rings. The van der Waals surface area contributed by atoms with Crippen molar-refractivity contribution < 1.29 is 9.59 Å². The summed E-state index contributed by atoms with van der Waals surface area (Å²) in [5, 5.41) is 2.85. The summed E-state index contributed by atoms with van der Waals surface area (Å²) < 4.78 is 0. The third kappa shape index (κ3) is 5.38. The average molecular weight is 277 g/mol. The zero-order chi connectivity index (χ0) is 15.0. The Morgan fingerprint density at radius 2 is 2.00 bits per heavy atom. The Kier molecular flexibility index (Phi) is 6.70. The van der Waals surface area contributed by atoms with Crippen molar-refractivity contribution in [2.24, 2.45) is 0 Å². The highest BCUT2D eigenvalue weighted by Crippen LogP contribution is 2.05. The average Bonchev–Trinajstić information content (AvgIpc) is 2.45. The lowest BCUT2D eigenvalue weighted by Crippen LogP contribution is -2.39. The summed E-state index contributed by atoms with van der Waals surface area (Å²) in [6, 6.07) is 3.89. The molecule has 0 saturated carbocycles. The number of nitrogens with one attached hydrogen (secondary N) is 1. The molecule has 0 aliphatic rings. The van der Waals surface area contributed by atoms with Crippen LogP contribution in [0.1, 0.15) is 39.2 Å². The van der Waals surface area contributed by atoms with E-state index < -0.39 is 0 Å². The van der Waals surface area contributed by atoms with Gasteiger partial charge in [-0.05, 0) is 31.0 Å². The summed E-state index contributed by atoms with van der Waals surface area (Å²) in [5.41, 5.74) is 1.01. The van der Waals surface area contributed by atoms with Crippen molar-refractivity contribution in [3.05, 3.63) is 30.1 Å². The third-order valence-corrected chi connectivity index (χ3v) is 3.35. The monoisotopic (exact) mass is 277 g/mol. The van der Waals surface area contributed by atoms with E-state index in [1.807, 2.05) is 26.0 Å². The molecule has 0 aromatic carbocycles. The zero-order valence-corrected chi connectivity index (χ0v) is 12.4. The van der Waals surface area contributed by atoms with Crippen LogP contribution in [0.25, 0.3) is 0 Å². The fourth-order valence-corrected chi connectivity index (χ4v) is 1.92. The van der Waals surface area contributed by atoms with Gasteiger partial charge >= 0.3 is 0 Å². The number of pyridine rings is 1. The molecule has 110 valence electrons. The van der Waals surface area contributed by atoms with E-state index in [4.69, 9.17) is 0 Å². The molecule has 0 radical (unpaired) electrons. The summed E-state index contributed by atoms with van der Waals surface area (Å²) in [5.74, 6) is -0.0300. The van der Waals surface area contributed by atoms with Gasteiger partial charge in [0.2, 0.25) is 11.8 Å². The van der Waals surface area contributed by atoms with Gasteiger partial charge in [0.1, 0.15) is 0 Å². The molecule has 1 aromatic heterocycles. The number of carbonyl (C=O) groups excluding carboxylic acids is 2. The molecule has 5 nitrogen and oxygen atoms in total. The zero-order valence-electron chi connectivity index (χ0n) is 12.4. The van der Waals surface area contributed by atoms with E-state index in [0.29, 0.717) is 19.5 Å². The Labute approximate surface area is 120 Å². The van der Waals surface area contributed by atoms with Crippen molar-refractivity contribution in [2.75, 3.05) is 6.54 Å². The van der Waals surface area contributed by atoms with Crippen molar-refractivity contribution in [2.45, 2.75) is 46.2 Å². The highest BCUT2D eigenvalue weighted by molar-refractivity contribution is 5.78.